The highest BCUT2D eigenvalue weighted by Crippen LogP contribution is 2.35. The number of pyridine rings is 1. The molecule has 0 spiro atoms. The molecule has 0 aliphatic heterocycles. The topological polar surface area (TPSA) is 167 Å². The van der Waals surface area contributed by atoms with E-state index in [1.165, 1.54) is 0 Å². The van der Waals surface area contributed by atoms with Crippen molar-refractivity contribution in [3.63, 3.8) is 0 Å². The Morgan fingerprint density at radius 1 is 0.709 bits per heavy atom. The number of carbonyl (C=O) groups excluding carboxylic acids is 2. The fraction of sp³-hybridized carbons (Fsp3) is 0.429. The number of aliphatic carboxylic acids is 1. The largest absolute Gasteiger partial charge is 0.491 e. The standard InChI is InChI=1S/C42H54N4O9/c1-2-21-51-22-23-52-24-25-53-26-27-54-28-29-55-38-18-17-34(35-9-3-4-10-36(35)38)32-13-15-33(16-14-32)37(30-42(49)50)46-41(48)31-45-40(47)12-6-8-20-44-39-11-5-7-19-43-39/h3-5,7,9-11,13-19,37H,2,6,8,12,20-31H2,1H3,(H,43,44)(H,45,47)(H,46,48)(H,49,50)/t37-/m0/s1. The third-order valence-electron chi connectivity index (χ3n) is 8.42. The Bertz CT molecular complexity index is 1720. The predicted octanol–water partition coefficient (Wildman–Crippen LogP) is 5.79. The summed E-state index contributed by atoms with van der Waals surface area (Å²) < 4.78 is 28.1. The second-order valence-electron chi connectivity index (χ2n) is 12.7. The maximum Gasteiger partial charge on any atom is 0.305 e. The number of hydrogen-bond acceptors (Lipinski definition) is 10. The number of nitrogens with one attached hydrogen (secondary N) is 3. The minimum absolute atomic E-state index is 0.243. The number of nitrogens with zero attached hydrogens (tertiary/aromatic N) is 1. The molecule has 13 heteroatoms. The molecule has 4 aromatic rings. The molecule has 1 heterocycles. The summed E-state index contributed by atoms with van der Waals surface area (Å²) in [4.78, 5) is 41.0. The average molecular weight is 759 g/mol. The highest BCUT2D eigenvalue weighted by molar-refractivity contribution is 6.00. The number of carbonyl (C=O) groups is 3. The van der Waals surface area contributed by atoms with Crippen LogP contribution in [-0.2, 0) is 33.3 Å². The maximum absolute atomic E-state index is 12.8. The van der Waals surface area contributed by atoms with E-state index in [0.717, 1.165) is 52.9 Å². The third kappa shape index (κ3) is 16.0. The fourth-order valence-corrected chi connectivity index (χ4v) is 5.69. The van der Waals surface area contributed by atoms with Crippen LogP contribution in [-0.4, -0.2) is 100 Å². The lowest BCUT2D eigenvalue weighted by molar-refractivity contribution is -0.138. The Balaban J connectivity index is 1.21. The molecule has 2 amide bonds. The van der Waals surface area contributed by atoms with Crippen molar-refractivity contribution in [3.05, 3.63) is 90.6 Å². The summed E-state index contributed by atoms with van der Waals surface area (Å²) in [6, 6.07) is 24.2. The Morgan fingerprint density at radius 3 is 2.02 bits per heavy atom. The van der Waals surface area contributed by atoms with Crippen molar-refractivity contribution in [2.24, 2.45) is 0 Å². The van der Waals surface area contributed by atoms with Crippen LogP contribution >= 0.6 is 0 Å². The number of benzene rings is 3. The summed E-state index contributed by atoms with van der Waals surface area (Å²) in [6.07, 6.45) is 4.08. The molecule has 0 aliphatic rings. The normalized spacial score (nSPS) is 11.6. The minimum atomic E-state index is -1.05. The van der Waals surface area contributed by atoms with E-state index in [1.54, 1.807) is 6.20 Å². The summed E-state index contributed by atoms with van der Waals surface area (Å²) in [7, 11) is 0. The number of rotatable bonds is 28. The number of carboxylic acid groups (broad SMARTS) is 1. The molecule has 0 unspecified atom stereocenters. The molecule has 0 radical (unpaired) electrons. The number of fused-ring (bicyclic) bond motifs is 1. The molecular formula is C42H54N4O9. The fourth-order valence-electron chi connectivity index (χ4n) is 5.69. The van der Waals surface area contributed by atoms with Gasteiger partial charge in [-0.25, -0.2) is 4.98 Å². The maximum atomic E-state index is 12.8. The van der Waals surface area contributed by atoms with Crippen LogP contribution in [0.5, 0.6) is 5.75 Å². The Labute approximate surface area is 323 Å². The molecule has 4 rings (SSSR count). The van der Waals surface area contributed by atoms with Gasteiger partial charge in [-0.05, 0) is 59.5 Å². The van der Waals surface area contributed by atoms with Crippen LogP contribution in [0.3, 0.4) is 0 Å². The van der Waals surface area contributed by atoms with E-state index in [1.807, 2.05) is 78.9 Å². The second-order valence-corrected chi connectivity index (χ2v) is 12.7. The summed E-state index contributed by atoms with van der Waals surface area (Å²) in [6.45, 7) is 7.17. The first-order valence-corrected chi connectivity index (χ1v) is 18.9. The lowest BCUT2D eigenvalue weighted by Crippen LogP contribution is -2.39. The van der Waals surface area contributed by atoms with Gasteiger partial charge in [0.2, 0.25) is 11.8 Å². The molecule has 296 valence electrons. The van der Waals surface area contributed by atoms with E-state index < -0.39 is 17.9 Å². The zero-order valence-electron chi connectivity index (χ0n) is 31.6. The van der Waals surface area contributed by atoms with E-state index in [4.69, 9.17) is 23.7 Å². The summed E-state index contributed by atoms with van der Waals surface area (Å²) in [5.41, 5.74) is 2.55. The van der Waals surface area contributed by atoms with Gasteiger partial charge in [0.15, 0.2) is 0 Å². The SMILES string of the molecule is CCCOCCOCCOCCOCCOc1ccc(-c2ccc([C@H](CC(=O)O)NC(=O)CNC(=O)CCCCNc3ccccn3)cc2)c2ccccc12. The van der Waals surface area contributed by atoms with Crippen LogP contribution in [0.2, 0.25) is 0 Å². The molecule has 4 N–H and O–H groups in total. The molecule has 1 atom stereocenters. The van der Waals surface area contributed by atoms with Crippen molar-refractivity contribution in [2.45, 2.75) is 45.1 Å². The quantitative estimate of drug-likeness (QED) is 0.0518. The molecule has 0 saturated heterocycles. The van der Waals surface area contributed by atoms with Gasteiger partial charge in [0.25, 0.3) is 0 Å². The average Bonchev–Trinajstić information content (AvgIpc) is 3.20. The van der Waals surface area contributed by atoms with E-state index in [2.05, 4.69) is 27.9 Å². The molecule has 3 aromatic carbocycles. The van der Waals surface area contributed by atoms with Gasteiger partial charge >= 0.3 is 5.97 Å². The van der Waals surface area contributed by atoms with Crippen molar-refractivity contribution in [1.82, 2.24) is 15.6 Å². The second kappa shape index (κ2) is 25.1. The van der Waals surface area contributed by atoms with Gasteiger partial charge in [-0.15, -0.1) is 0 Å². The number of ether oxygens (including phenoxy) is 5. The number of unbranched alkanes of at least 4 members (excludes halogenated alkanes) is 1. The molecule has 0 fully saturated rings. The van der Waals surface area contributed by atoms with Crippen molar-refractivity contribution in [3.8, 4) is 16.9 Å². The molecule has 1 aromatic heterocycles. The van der Waals surface area contributed by atoms with Crippen LogP contribution in [0.15, 0.2) is 85.1 Å². The van der Waals surface area contributed by atoms with Gasteiger partial charge in [-0.2, -0.15) is 0 Å². The van der Waals surface area contributed by atoms with Crippen molar-refractivity contribution < 1.29 is 43.2 Å². The van der Waals surface area contributed by atoms with Gasteiger partial charge in [-0.3, -0.25) is 14.4 Å². The Kier molecular flexibility index (Phi) is 19.5. The Hall–Kier alpha value is -5.08. The third-order valence-corrected chi connectivity index (χ3v) is 8.42. The van der Waals surface area contributed by atoms with Crippen molar-refractivity contribution in [1.29, 1.82) is 0 Å². The van der Waals surface area contributed by atoms with Crippen LogP contribution in [0.1, 0.15) is 50.6 Å². The number of hydrogen-bond donors (Lipinski definition) is 4. The summed E-state index contributed by atoms with van der Waals surface area (Å²) in [5.74, 6) is -0.243. The van der Waals surface area contributed by atoms with Crippen molar-refractivity contribution in [2.75, 3.05) is 77.9 Å². The monoisotopic (exact) mass is 758 g/mol. The van der Waals surface area contributed by atoms with Crippen LogP contribution < -0.4 is 20.7 Å². The minimum Gasteiger partial charge on any atom is -0.491 e. The van der Waals surface area contributed by atoms with E-state index in [-0.39, 0.29) is 25.3 Å². The van der Waals surface area contributed by atoms with Gasteiger partial charge in [0, 0.05) is 31.2 Å². The Morgan fingerprint density at radius 2 is 1.36 bits per heavy atom. The summed E-state index contributed by atoms with van der Waals surface area (Å²) in [5, 5.41) is 20.1. The smallest absolute Gasteiger partial charge is 0.305 e. The first kappa shape index (κ1) is 42.7. The van der Waals surface area contributed by atoms with E-state index in [0.29, 0.717) is 71.4 Å². The molecular weight excluding hydrogens is 704 g/mol. The lowest BCUT2D eigenvalue weighted by Gasteiger charge is -2.19. The highest BCUT2D eigenvalue weighted by Gasteiger charge is 2.19. The number of carboxylic acids is 1. The van der Waals surface area contributed by atoms with E-state index >= 15 is 0 Å². The molecule has 13 nitrogen and oxygen atoms in total. The molecule has 0 bridgehead atoms. The van der Waals surface area contributed by atoms with Gasteiger partial charge in [-0.1, -0.05) is 67.6 Å². The zero-order valence-corrected chi connectivity index (χ0v) is 31.6. The first-order chi connectivity index (χ1) is 26.9. The van der Waals surface area contributed by atoms with Crippen LogP contribution in [0.25, 0.3) is 21.9 Å². The van der Waals surface area contributed by atoms with Gasteiger partial charge in [0.05, 0.1) is 65.3 Å². The van der Waals surface area contributed by atoms with E-state index in [9.17, 15) is 19.5 Å². The highest BCUT2D eigenvalue weighted by atomic mass is 16.6. The summed E-state index contributed by atoms with van der Waals surface area (Å²) >= 11 is 0. The lowest BCUT2D eigenvalue weighted by atomic mass is 9.95. The zero-order chi connectivity index (χ0) is 38.9. The van der Waals surface area contributed by atoms with Crippen LogP contribution in [0, 0.1) is 0 Å². The molecule has 55 heavy (non-hydrogen) atoms. The number of anilines is 1. The van der Waals surface area contributed by atoms with Crippen LogP contribution in [0.4, 0.5) is 5.82 Å². The molecule has 0 aliphatic carbocycles. The van der Waals surface area contributed by atoms with Gasteiger partial charge < -0.3 is 44.7 Å². The van der Waals surface area contributed by atoms with Crippen molar-refractivity contribution >= 4 is 34.4 Å². The molecule has 0 saturated carbocycles. The first-order valence-electron chi connectivity index (χ1n) is 18.9. The predicted molar refractivity (Wildman–Crippen MR) is 211 cm³/mol. The van der Waals surface area contributed by atoms with Gasteiger partial charge in [0.1, 0.15) is 18.2 Å². The number of aromatic nitrogens is 1. The number of amides is 2.